The van der Waals surface area contributed by atoms with E-state index in [0.717, 1.165) is 33.4 Å². The Morgan fingerprint density at radius 2 is 1.56 bits per heavy atom. The summed E-state index contributed by atoms with van der Waals surface area (Å²) < 4.78 is 1.87. The van der Waals surface area contributed by atoms with Crippen molar-refractivity contribution in [3.8, 4) is 16.9 Å². The van der Waals surface area contributed by atoms with Crippen molar-refractivity contribution < 1.29 is 4.79 Å². The largest absolute Gasteiger partial charge is 0.337 e. The molecule has 5 rings (SSSR count). The summed E-state index contributed by atoms with van der Waals surface area (Å²) in [6.07, 6.45) is 3.69. The second-order valence-corrected chi connectivity index (χ2v) is 7.69. The molecular weight excluding hydrogens is 396 g/mol. The average Bonchev–Trinajstić information content (AvgIpc) is 3.28. The van der Waals surface area contributed by atoms with Crippen LogP contribution in [0, 0.1) is 0 Å². The molecule has 32 heavy (non-hydrogen) atoms. The Kier molecular flexibility index (Phi) is 5.22. The number of para-hydroxylation sites is 2. The Labute approximate surface area is 186 Å². The number of pyridine rings is 1. The highest BCUT2D eigenvalue weighted by Gasteiger charge is 2.19. The molecule has 5 aromatic rings. The maximum absolute atomic E-state index is 13.4. The molecule has 0 aliphatic rings. The molecule has 0 fully saturated rings. The van der Waals surface area contributed by atoms with Crippen LogP contribution in [0.2, 0.25) is 0 Å². The van der Waals surface area contributed by atoms with E-state index in [2.05, 4.69) is 4.98 Å². The zero-order valence-corrected chi connectivity index (χ0v) is 17.7. The number of aromatic nitrogens is 3. The van der Waals surface area contributed by atoms with E-state index in [9.17, 15) is 4.79 Å². The van der Waals surface area contributed by atoms with Gasteiger partial charge in [0.1, 0.15) is 0 Å². The van der Waals surface area contributed by atoms with Gasteiger partial charge < -0.3 is 4.90 Å². The van der Waals surface area contributed by atoms with Crippen LogP contribution in [0.3, 0.4) is 0 Å². The molecule has 0 N–H and O–H groups in total. The highest BCUT2D eigenvalue weighted by molar-refractivity contribution is 6.05. The number of amides is 1. The van der Waals surface area contributed by atoms with Gasteiger partial charge in [0.25, 0.3) is 5.91 Å². The highest BCUT2D eigenvalue weighted by Crippen LogP contribution is 2.26. The summed E-state index contributed by atoms with van der Waals surface area (Å²) in [5.41, 5.74) is 5.31. The molecule has 156 valence electrons. The summed E-state index contributed by atoms with van der Waals surface area (Å²) in [6, 6.07) is 29.6. The maximum atomic E-state index is 13.4. The Morgan fingerprint density at radius 1 is 0.875 bits per heavy atom. The van der Waals surface area contributed by atoms with Gasteiger partial charge in [-0.3, -0.25) is 9.78 Å². The summed E-state index contributed by atoms with van der Waals surface area (Å²) in [5, 5.41) is 5.71. The zero-order valence-electron chi connectivity index (χ0n) is 17.7. The van der Waals surface area contributed by atoms with E-state index in [-0.39, 0.29) is 5.91 Å². The Hall–Kier alpha value is -4.25. The lowest BCUT2D eigenvalue weighted by atomic mass is 10.1. The van der Waals surface area contributed by atoms with Gasteiger partial charge in [0, 0.05) is 42.5 Å². The molecule has 0 atom stereocenters. The molecular formula is C27H22N4O. The Morgan fingerprint density at radius 3 is 2.34 bits per heavy atom. The first-order chi connectivity index (χ1) is 15.7. The van der Waals surface area contributed by atoms with E-state index in [1.54, 1.807) is 17.2 Å². The molecule has 0 spiro atoms. The van der Waals surface area contributed by atoms with Crippen molar-refractivity contribution in [2.24, 2.45) is 0 Å². The van der Waals surface area contributed by atoms with Crippen LogP contribution in [0.1, 0.15) is 15.9 Å². The number of hydrogen-bond donors (Lipinski definition) is 0. The molecule has 0 unspecified atom stereocenters. The lowest BCUT2D eigenvalue weighted by Crippen LogP contribution is -2.26. The van der Waals surface area contributed by atoms with E-state index in [4.69, 9.17) is 5.10 Å². The van der Waals surface area contributed by atoms with Gasteiger partial charge in [0.2, 0.25) is 0 Å². The fourth-order valence-corrected chi connectivity index (χ4v) is 3.89. The fraction of sp³-hybridized carbons (Fsp3) is 0.0741. The van der Waals surface area contributed by atoms with Gasteiger partial charge in [-0.2, -0.15) is 5.10 Å². The minimum absolute atomic E-state index is 0.0462. The molecule has 5 heteroatoms. The van der Waals surface area contributed by atoms with E-state index in [1.807, 2.05) is 103 Å². The van der Waals surface area contributed by atoms with Crippen LogP contribution in [0.25, 0.3) is 27.8 Å². The number of rotatable bonds is 5. The minimum atomic E-state index is -0.0462. The Bertz CT molecular complexity index is 1370. The summed E-state index contributed by atoms with van der Waals surface area (Å²) in [5.74, 6) is -0.0462. The van der Waals surface area contributed by atoms with Gasteiger partial charge >= 0.3 is 0 Å². The summed E-state index contributed by atoms with van der Waals surface area (Å²) in [6.45, 7) is 0.437. The van der Waals surface area contributed by atoms with Gasteiger partial charge in [-0.05, 0) is 24.3 Å². The summed E-state index contributed by atoms with van der Waals surface area (Å²) >= 11 is 0. The molecule has 3 aromatic carbocycles. The van der Waals surface area contributed by atoms with Crippen molar-refractivity contribution in [1.29, 1.82) is 0 Å². The molecule has 0 radical (unpaired) electrons. The molecule has 5 nitrogen and oxygen atoms in total. The highest BCUT2D eigenvalue weighted by atomic mass is 16.2. The van der Waals surface area contributed by atoms with Crippen LogP contribution >= 0.6 is 0 Å². The Balaban J connectivity index is 1.51. The van der Waals surface area contributed by atoms with Crippen molar-refractivity contribution >= 4 is 16.8 Å². The first kappa shape index (κ1) is 19.7. The lowest BCUT2D eigenvalue weighted by Gasteiger charge is -2.18. The number of nitrogens with zero attached hydrogens (tertiary/aromatic N) is 4. The quantitative estimate of drug-likeness (QED) is 0.386. The van der Waals surface area contributed by atoms with Crippen molar-refractivity contribution in [2.75, 3.05) is 7.05 Å². The summed E-state index contributed by atoms with van der Waals surface area (Å²) in [7, 11) is 1.83. The van der Waals surface area contributed by atoms with E-state index in [1.165, 1.54) is 0 Å². The number of carbonyl (C=O) groups excluding carboxylic acids is 1. The van der Waals surface area contributed by atoms with Gasteiger partial charge in [-0.15, -0.1) is 0 Å². The number of fused-ring (bicyclic) bond motifs is 1. The summed E-state index contributed by atoms with van der Waals surface area (Å²) in [4.78, 5) is 19.5. The molecule has 0 aliphatic heterocycles. The van der Waals surface area contributed by atoms with Crippen molar-refractivity contribution in [1.82, 2.24) is 19.7 Å². The van der Waals surface area contributed by atoms with Crippen LogP contribution in [0.5, 0.6) is 0 Å². The molecule has 2 heterocycles. The lowest BCUT2D eigenvalue weighted by molar-refractivity contribution is 0.0787. The molecule has 2 aromatic heterocycles. The number of benzene rings is 3. The fourth-order valence-electron chi connectivity index (χ4n) is 3.89. The van der Waals surface area contributed by atoms with Gasteiger partial charge in [0.05, 0.1) is 22.5 Å². The topological polar surface area (TPSA) is 51.0 Å². The van der Waals surface area contributed by atoms with Crippen molar-refractivity contribution in [3.63, 3.8) is 0 Å². The minimum Gasteiger partial charge on any atom is -0.337 e. The van der Waals surface area contributed by atoms with E-state index < -0.39 is 0 Å². The molecule has 0 aliphatic carbocycles. The first-order valence-corrected chi connectivity index (χ1v) is 10.5. The van der Waals surface area contributed by atoms with Crippen molar-refractivity contribution in [2.45, 2.75) is 6.54 Å². The molecule has 0 bridgehead atoms. The second-order valence-electron chi connectivity index (χ2n) is 7.69. The monoisotopic (exact) mass is 418 g/mol. The normalized spacial score (nSPS) is 10.9. The van der Waals surface area contributed by atoms with Crippen LogP contribution in [0.15, 0.2) is 103 Å². The van der Waals surface area contributed by atoms with Crippen molar-refractivity contribution in [3.05, 3.63) is 115 Å². The first-order valence-electron chi connectivity index (χ1n) is 10.5. The smallest absolute Gasteiger partial charge is 0.254 e. The van der Waals surface area contributed by atoms with Gasteiger partial charge in [0.15, 0.2) is 0 Å². The van der Waals surface area contributed by atoms with Gasteiger partial charge in [-0.1, -0.05) is 66.7 Å². The van der Waals surface area contributed by atoms with Crippen LogP contribution in [0.4, 0.5) is 0 Å². The number of carbonyl (C=O) groups is 1. The molecule has 1 amide bonds. The molecule has 0 saturated carbocycles. The predicted molar refractivity (Wildman–Crippen MR) is 127 cm³/mol. The second kappa shape index (κ2) is 8.47. The van der Waals surface area contributed by atoms with E-state index in [0.29, 0.717) is 12.1 Å². The van der Waals surface area contributed by atoms with Crippen LogP contribution < -0.4 is 0 Å². The SMILES string of the molecule is CN(Cc1cn(-c2ccccc2)nc1-c1ccccc1)C(=O)c1ccnc2ccccc12. The third kappa shape index (κ3) is 3.76. The van der Waals surface area contributed by atoms with Crippen LogP contribution in [-0.4, -0.2) is 32.6 Å². The third-order valence-electron chi connectivity index (χ3n) is 5.49. The maximum Gasteiger partial charge on any atom is 0.254 e. The third-order valence-corrected chi connectivity index (χ3v) is 5.49. The zero-order chi connectivity index (χ0) is 21.9. The van der Waals surface area contributed by atoms with E-state index >= 15 is 0 Å². The number of hydrogen-bond acceptors (Lipinski definition) is 3. The predicted octanol–water partition coefficient (Wildman–Crippen LogP) is 5.36. The van der Waals surface area contributed by atoms with Gasteiger partial charge in [-0.25, -0.2) is 4.68 Å². The average molecular weight is 419 g/mol. The molecule has 0 saturated heterocycles. The van der Waals surface area contributed by atoms with Crippen LogP contribution in [-0.2, 0) is 6.54 Å². The standard InChI is InChI=1S/C27H22N4O/c1-30(27(32)24-16-17-28-25-15-9-8-14-23(24)25)18-21-19-31(22-12-6-3-7-13-22)29-26(21)20-10-4-2-5-11-20/h2-17,19H,18H2,1H3.